The largest absolute Gasteiger partial charge is 0.483 e. The highest BCUT2D eigenvalue weighted by Gasteiger charge is 2.42. The molecular formula is C33H38BrN3O7S. The number of halogens is 1. The number of unbranched alkanes of at least 4 members (excludes halogenated alkanes) is 1. The number of rotatable bonds is 13. The molecule has 0 saturated carbocycles. The Labute approximate surface area is 272 Å². The van der Waals surface area contributed by atoms with Gasteiger partial charge in [-0.1, -0.05) is 87.4 Å². The van der Waals surface area contributed by atoms with Crippen LogP contribution in [-0.4, -0.2) is 55.8 Å². The Morgan fingerprint density at radius 3 is 2.36 bits per heavy atom. The molecule has 3 aromatic rings. The smallest absolute Gasteiger partial charge is 0.322 e. The first-order valence-electron chi connectivity index (χ1n) is 14.8. The van der Waals surface area contributed by atoms with E-state index < -0.39 is 58.4 Å². The molecule has 3 atom stereocenters. The highest BCUT2D eigenvalue weighted by atomic mass is 79.9. The van der Waals surface area contributed by atoms with Crippen LogP contribution in [0.3, 0.4) is 0 Å². The van der Waals surface area contributed by atoms with Crippen LogP contribution in [0.15, 0.2) is 82.2 Å². The van der Waals surface area contributed by atoms with E-state index in [0.717, 1.165) is 18.4 Å². The van der Waals surface area contributed by atoms with E-state index in [1.807, 2.05) is 37.3 Å². The van der Waals surface area contributed by atoms with E-state index in [9.17, 15) is 22.8 Å². The maximum absolute atomic E-state index is 14.0. The molecule has 3 aromatic carbocycles. The minimum Gasteiger partial charge on any atom is -0.483 e. The number of hydrogen-bond acceptors (Lipinski definition) is 7. The van der Waals surface area contributed by atoms with Crippen LogP contribution in [0, 0.1) is 0 Å². The Balaban J connectivity index is 1.63. The van der Waals surface area contributed by atoms with Gasteiger partial charge in [-0.2, -0.15) is 0 Å². The minimum atomic E-state index is -3.79. The van der Waals surface area contributed by atoms with Crippen LogP contribution in [0.5, 0.6) is 5.75 Å². The van der Waals surface area contributed by atoms with Crippen LogP contribution < -0.4 is 20.7 Å². The zero-order valence-corrected chi connectivity index (χ0v) is 27.6. The molecule has 0 aromatic heterocycles. The van der Waals surface area contributed by atoms with Crippen molar-refractivity contribution in [2.75, 3.05) is 18.9 Å². The van der Waals surface area contributed by atoms with Crippen LogP contribution >= 0.6 is 15.9 Å². The number of carbonyl (C=O) groups excluding carboxylic acids is 2. The lowest BCUT2D eigenvalue weighted by Gasteiger charge is -2.36. The van der Waals surface area contributed by atoms with E-state index in [0.29, 0.717) is 28.4 Å². The fraction of sp³-hybridized carbons (Fsp3) is 0.364. The molecule has 4 rings (SSSR count). The van der Waals surface area contributed by atoms with Gasteiger partial charge in [0.1, 0.15) is 18.3 Å². The number of sulfone groups is 1. The third-order valence-electron chi connectivity index (χ3n) is 7.92. The first kappa shape index (κ1) is 34.1. The molecule has 12 heteroatoms. The molecule has 10 nitrogen and oxygen atoms in total. The quantitative estimate of drug-likeness (QED) is 0.201. The molecule has 0 aliphatic carbocycles. The molecule has 0 radical (unpaired) electrons. The summed E-state index contributed by atoms with van der Waals surface area (Å²) >= 11 is 3.52. The van der Waals surface area contributed by atoms with Gasteiger partial charge in [-0.15, -0.1) is 0 Å². The third kappa shape index (κ3) is 8.50. The monoisotopic (exact) mass is 699 g/mol. The first-order chi connectivity index (χ1) is 21.5. The number of nitrogens with one attached hydrogen (secondary N) is 3. The van der Waals surface area contributed by atoms with E-state index in [-0.39, 0.29) is 16.4 Å². The van der Waals surface area contributed by atoms with Crippen molar-refractivity contribution in [1.29, 1.82) is 0 Å². The fourth-order valence-electron chi connectivity index (χ4n) is 5.53. The predicted octanol–water partition coefficient (Wildman–Crippen LogP) is 4.69. The van der Waals surface area contributed by atoms with Crippen molar-refractivity contribution in [1.82, 2.24) is 16.0 Å². The van der Waals surface area contributed by atoms with Gasteiger partial charge in [0, 0.05) is 11.6 Å². The second-order valence-corrected chi connectivity index (χ2v) is 13.9. The Morgan fingerprint density at radius 2 is 1.73 bits per heavy atom. The second-order valence-electron chi connectivity index (χ2n) is 11.1. The zero-order valence-electron chi connectivity index (χ0n) is 25.2. The summed E-state index contributed by atoms with van der Waals surface area (Å²) in [5.41, 5.74) is 1.32. The molecule has 0 bridgehead atoms. The second kappa shape index (κ2) is 15.0. The number of benzene rings is 3. The van der Waals surface area contributed by atoms with Gasteiger partial charge in [-0.3, -0.25) is 19.7 Å². The predicted molar refractivity (Wildman–Crippen MR) is 174 cm³/mol. The standard InChI is InChI=1S/C33H38BrN3O7S/c1-3-5-16-33(4-2)21-45(42,43)27-18-26(25(34)17-24(27)30(37-33)22-12-8-6-9-13-22)44-20-28(38)36-31(23-14-10-7-11-15-23)32(41)35-19-29(39)40/h6-15,17-18,30-31,37H,3-5,16,19-21H2,1-2H3,(H,35,41)(H,36,38)(H,39,40)/t30-,31-,33-/m1/s1. The third-order valence-corrected chi connectivity index (χ3v) is 10.5. The number of amides is 2. The van der Waals surface area contributed by atoms with Gasteiger partial charge in [0.05, 0.1) is 21.2 Å². The minimum absolute atomic E-state index is 0.0847. The van der Waals surface area contributed by atoms with Crippen molar-refractivity contribution in [3.05, 3.63) is 94.0 Å². The molecule has 1 heterocycles. The van der Waals surface area contributed by atoms with Crippen LogP contribution in [0.25, 0.3) is 0 Å². The maximum atomic E-state index is 14.0. The van der Waals surface area contributed by atoms with E-state index in [1.165, 1.54) is 6.07 Å². The van der Waals surface area contributed by atoms with Crippen molar-refractivity contribution < 1.29 is 32.6 Å². The van der Waals surface area contributed by atoms with Gasteiger partial charge in [0.2, 0.25) is 5.91 Å². The summed E-state index contributed by atoms with van der Waals surface area (Å²) < 4.78 is 34.3. The number of carbonyl (C=O) groups is 3. The maximum Gasteiger partial charge on any atom is 0.322 e. The van der Waals surface area contributed by atoms with Gasteiger partial charge in [-0.05, 0) is 51.5 Å². The molecule has 0 unspecified atom stereocenters. The lowest BCUT2D eigenvalue weighted by atomic mass is 9.88. The molecule has 1 aliphatic rings. The van der Waals surface area contributed by atoms with Gasteiger partial charge in [-0.25, -0.2) is 8.42 Å². The summed E-state index contributed by atoms with van der Waals surface area (Å²) in [6.45, 7) is 2.95. The molecule has 240 valence electrons. The molecule has 2 amide bonds. The molecular weight excluding hydrogens is 662 g/mol. The summed E-state index contributed by atoms with van der Waals surface area (Å²) in [6, 6.07) is 19.7. The highest BCUT2D eigenvalue weighted by molar-refractivity contribution is 9.10. The Hall–Kier alpha value is -3.74. The average Bonchev–Trinajstić information content (AvgIpc) is 3.12. The van der Waals surface area contributed by atoms with E-state index in [4.69, 9.17) is 9.84 Å². The molecule has 0 saturated heterocycles. The van der Waals surface area contributed by atoms with E-state index in [1.54, 1.807) is 36.4 Å². The summed E-state index contributed by atoms with van der Waals surface area (Å²) in [4.78, 5) is 36.9. The van der Waals surface area contributed by atoms with Crippen molar-refractivity contribution in [3.63, 3.8) is 0 Å². The Bertz CT molecular complexity index is 1620. The van der Waals surface area contributed by atoms with Crippen LogP contribution in [-0.2, 0) is 24.2 Å². The fourth-order valence-corrected chi connectivity index (χ4v) is 8.14. The van der Waals surface area contributed by atoms with E-state index in [2.05, 4.69) is 38.8 Å². The highest BCUT2D eigenvalue weighted by Crippen LogP contribution is 2.42. The summed E-state index contributed by atoms with van der Waals surface area (Å²) in [5.74, 6) is -2.51. The van der Waals surface area contributed by atoms with Gasteiger partial charge < -0.3 is 20.5 Å². The van der Waals surface area contributed by atoms with Crippen molar-refractivity contribution in [2.24, 2.45) is 0 Å². The number of carboxylic acid groups (broad SMARTS) is 1. The SMILES string of the molecule is CCCC[C@]1(CC)CS(=O)(=O)c2cc(OCC(=O)N[C@@H](C(=O)NCC(=O)O)c3ccccc3)c(Br)cc2[C@@H](c2ccccc2)N1. The van der Waals surface area contributed by atoms with Gasteiger partial charge in [0.15, 0.2) is 16.4 Å². The van der Waals surface area contributed by atoms with Gasteiger partial charge in [0.25, 0.3) is 5.91 Å². The van der Waals surface area contributed by atoms with Crippen molar-refractivity contribution >= 4 is 43.6 Å². The summed E-state index contributed by atoms with van der Waals surface area (Å²) in [6.07, 6.45) is 3.13. The summed E-state index contributed by atoms with van der Waals surface area (Å²) in [5, 5.41) is 17.6. The Kier molecular flexibility index (Phi) is 11.4. The number of fused-ring (bicyclic) bond motifs is 1. The number of hydrogen-bond donors (Lipinski definition) is 4. The molecule has 0 spiro atoms. The van der Waals surface area contributed by atoms with Crippen LogP contribution in [0.1, 0.15) is 68.3 Å². The number of carboxylic acids is 1. The van der Waals surface area contributed by atoms with Crippen LogP contribution in [0.2, 0.25) is 0 Å². The van der Waals surface area contributed by atoms with Crippen molar-refractivity contribution in [2.45, 2.75) is 62.0 Å². The molecule has 4 N–H and O–H groups in total. The lowest BCUT2D eigenvalue weighted by Crippen LogP contribution is -2.50. The topological polar surface area (TPSA) is 151 Å². The first-order valence-corrected chi connectivity index (χ1v) is 17.3. The normalized spacial score (nSPS) is 19.4. The summed E-state index contributed by atoms with van der Waals surface area (Å²) in [7, 11) is -3.79. The number of aliphatic carboxylic acids is 1. The van der Waals surface area contributed by atoms with E-state index >= 15 is 0 Å². The van der Waals surface area contributed by atoms with Gasteiger partial charge >= 0.3 is 5.97 Å². The molecule has 45 heavy (non-hydrogen) atoms. The lowest BCUT2D eigenvalue weighted by molar-refractivity contribution is -0.138. The Morgan fingerprint density at radius 1 is 1.07 bits per heavy atom. The van der Waals surface area contributed by atoms with Crippen molar-refractivity contribution in [3.8, 4) is 5.75 Å². The van der Waals surface area contributed by atoms with Crippen LogP contribution in [0.4, 0.5) is 0 Å². The molecule has 0 fully saturated rings. The zero-order chi connectivity index (χ0) is 32.6. The molecule has 1 aliphatic heterocycles. The average molecular weight is 701 g/mol. The number of ether oxygens (including phenoxy) is 1.